The molecule has 1 unspecified atom stereocenters. The molecular weight excluding hydrogens is 388 g/mol. The fraction of sp³-hybridized carbons (Fsp3) is 0.250. The van der Waals surface area contributed by atoms with Crippen molar-refractivity contribution >= 4 is 17.1 Å². The molecule has 0 radical (unpaired) electrons. The Morgan fingerprint density at radius 2 is 2.19 bits per heavy atom. The zero-order valence-corrected chi connectivity index (χ0v) is 17.4. The van der Waals surface area contributed by atoms with Gasteiger partial charge in [0.05, 0.1) is 24.0 Å². The summed E-state index contributed by atoms with van der Waals surface area (Å²) >= 11 is 0. The average Bonchev–Trinajstić information content (AvgIpc) is 3.25. The average molecular weight is 412 g/mol. The molecule has 1 aliphatic rings. The lowest BCUT2D eigenvalue weighted by Gasteiger charge is -2.21. The van der Waals surface area contributed by atoms with Crippen LogP contribution in [-0.4, -0.2) is 44.4 Å². The number of nitrogens with zero attached hydrogens (tertiary/aromatic N) is 5. The summed E-state index contributed by atoms with van der Waals surface area (Å²) in [4.78, 5) is 13.2. The Hall–Kier alpha value is -3.58. The first-order valence-corrected chi connectivity index (χ1v) is 10.5. The molecule has 0 saturated carbocycles. The van der Waals surface area contributed by atoms with Crippen LogP contribution in [0, 0.1) is 0 Å². The lowest BCUT2D eigenvalue weighted by Crippen LogP contribution is -2.34. The van der Waals surface area contributed by atoms with Crippen molar-refractivity contribution in [1.29, 1.82) is 0 Å². The topological polar surface area (TPSA) is 77.8 Å². The van der Waals surface area contributed by atoms with Gasteiger partial charge in [-0.2, -0.15) is 5.10 Å². The summed E-state index contributed by atoms with van der Waals surface area (Å²) in [6, 6.07) is 10.1. The second-order valence-corrected chi connectivity index (χ2v) is 7.63. The number of ether oxygens (including phenoxy) is 1. The van der Waals surface area contributed by atoms with Crippen molar-refractivity contribution in [3.05, 3.63) is 78.0 Å². The molecule has 0 aliphatic heterocycles. The van der Waals surface area contributed by atoms with E-state index in [2.05, 4.69) is 44.7 Å². The SMILES string of the molecule is COc1ccc2nccc(-n3cc4c(n3)CCC(NCC=Cc3cccnc3)C4)c2n1. The Labute approximate surface area is 180 Å². The zero-order valence-electron chi connectivity index (χ0n) is 17.4. The summed E-state index contributed by atoms with van der Waals surface area (Å²) in [7, 11) is 1.62. The summed E-state index contributed by atoms with van der Waals surface area (Å²) in [6.45, 7) is 0.835. The second kappa shape index (κ2) is 8.65. The van der Waals surface area contributed by atoms with Gasteiger partial charge in [-0.05, 0) is 48.6 Å². The number of rotatable bonds is 6. The minimum absolute atomic E-state index is 0.441. The van der Waals surface area contributed by atoms with Crippen molar-refractivity contribution in [2.45, 2.75) is 25.3 Å². The molecule has 7 nitrogen and oxygen atoms in total. The van der Waals surface area contributed by atoms with Crippen molar-refractivity contribution in [3.63, 3.8) is 0 Å². The minimum atomic E-state index is 0.441. The minimum Gasteiger partial charge on any atom is -0.481 e. The van der Waals surface area contributed by atoms with Crippen molar-refractivity contribution < 1.29 is 4.74 Å². The molecule has 0 fully saturated rings. The lowest BCUT2D eigenvalue weighted by molar-refractivity contribution is 0.399. The predicted molar refractivity (Wildman–Crippen MR) is 120 cm³/mol. The van der Waals surface area contributed by atoms with Crippen LogP contribution in [0.5, 0.6) is 5.88 Å². The molecule has 0 spiro atoms. The molecule has 156 valence electrons. The van der Waals surface area contributed by atoms with Crippen LogP contribution in [-0.2, 0) is 12.8 Å². The predicted octanol–water partition coefficient (Wildman–Crippen LogP) is 3.38. The molecule has 7 heteroatoms. The summed E-state index contributed by atoms with van der Waals surface area (Å²) in [5, 5.41) is 8.50. The maximum absolute atomic E-state index is 5.30. The molecule has 1 aliphatic carbocycles. The van der Waals surface area contributed by atoms with Gasteiger partial charge in [0.2, 0.25) is 5.88 Å². The van der Waals surface area contributed by atoms with Crippen molar-refractivity contribution in [3.8, 4) is 11.6 Å². The Morgan fingerprint density at radius 3 is 3.06 bits per heavy atom. The molecule has 0 saturated heterocycles. The number of hydrogen-bond acceptors (Lipinski definition) is 6. The van der Waals surface area contributed by atoms with Crippen LogP contribution in [0.1, 0.15) is 23.2 Å². The fourth-order valence-electron chi connectivity index (χ4n) is 4.00. The molecule has 0 bridgehead atoms. The monoisotopic (exact) mass is 412 g/mol. The first-order valence-electron chi connectivity index (χ1n) is 10.5. The summed E-state index contributed by atoms with van der Waals surface area (Å²) in [5.74, 6) is 0.572. The highest BCUT2D eigenvalue weighted by Gasteiger charge is 2.22. The highest BCUT2D eigenvalue weighted by molar-refractivity contribution is 5.83. The maximum atomic E-state index is 5.30. The van der Waals surface area contributed by atoms with E-state index in [0.29, 0.717) is 11.9 Å². The van der Waals surface area contributed by atoms with Crippen LogP contribution in [0.4, 0.5) is 0 Å². The fourth-order valence-corrected chi connectivity index (χ4v) is 4.00. The quantitative estimate of drug-likeness (QED) is 0.523. The second-order valence-electron chi connectivity index (χ2n) is 7.63. The summed E-state index contributed by atoms with van der Waals surface area (Å²) in [6.07, 6.45) is 14.8. The van der Waals surface area contributed by atoms with Gasteiger partial charge in [0, 0.05) is 43.4 Å². The maximum Gasteiger partial charge on any atom is 0.213 e. The van der Waals surface area contributed by atoms with Gasteiger partial charge in [-0.15, -0.1) is 0 Å². The number of aryl methyl sites for hydroxylation is 1. The van der Waals surface area contributed by atoms with Crippen LogP contribution in [0.3, 0.4) is 0 Å². The molecule has 4 aromatic heterocycles. The molecule has 1 N–H and O–H groups in total. The third-order valence-corrected chi connectivity index (χ3v) is 5.59. The van der Waals surface area contributed by atoms with E-state index in [-0.39, 0.29) is 0 Å². The van der Waals surface area contributed by atoms with E-state index < -0.39 is 0 Å². The Balaban J connectivity index is 1.30. The molecule has 31 heavy (non-hydrogen) atoms. The number of fused-ring (bicyclic) bond motifs is 2. The number of nitrogens with one attached hydrogen (secondary N) is 1. The Morgan fingerprint density at radius 1 is 1.23 bits per heavy atom. The lowest BCUT2D eigenvalue weighted by atomic mass is 9.93. The number of pyridine rings is 3. The van der Waals surface area contributed by atoms with Gasteiger partial charge in [0.25, 0.3) is 0 Å². The van der Waals surface area contributed by atoms with E-state index in [1.807, 2.05) is 35.1 Å². The van der Waals surface area contributed by atoms with Gasteiger partial charge >= 0.3 is 0 Å². The Bertz CT molecular complexity index is 1220. The van der Waals surface area contributed by atoms with Crippen LogP contribution < -0.4 is 10.1 Å². The summed E-state index contributed by atoms with van der Waals surface area (Å²) < 4.78 is 7.23. The van der Waals surface area contributed by atoms with E-state index in [4.69, 9.17) is 9.84 Å². The van der Waals surface area contributed by atoms with E-state index in [1.165, 1.54) is 5.56 Å². The molecule has 5 rings (SSSR count). The van der Waals surface area contributed by atoms with Gasteiger partial charge < -0.3 is 10.1 Å². The van der Waals surface area contributed by atoms with E-state index >= 15 is 0 Å². The van der Waals surface area contributed by atoms with E-state index in [0.717, 1.165) is 53.8 Å². The van der Waals surface area contributed by atoms with E-state index in [9.17, 15) is 0 Å². The first-order chi connectivity index (χ1) is 15.3. The largest absolute Gasteiger partial charge is 0.481 e. The third kappa shape index (κ3) is 4.18. The van der Waals surface area contributed by atoms with Gasteiger partial charge in [0.1, 0.15) is 5.52 Å². The van der Waals surface area contributed by atoms with Crippen molar-refractivity contribution in [2.24, 2.45) is 0 Å². The smallest absolute Gasteiger partial charge is 0.213 e. The molecule has 0 aromatic carbocycles. The van der Waals surface area contributed by atoms with Crippen LogP contribution >= 0.6 is 0 Å². The van der Waals surface area contributed by atoms with Crippen LogP contribution in [0.15, 0.2) is 61.2 Å². The number of hydrogen-bond donors (Lipinski definition) is 1. The highest BCUT2D eigenvalue weighted by atomic mass is 16.5. The highest BCUT2D eigenvalue weighted by Crippen LogP contribution is 2.25. The molecule has 1 atom stereocenters. The standard InChI is InChI=1S/C24H24N6O/c1-31-23-9-8-21-24(28-23)22(10-13-27-21)30-16-18-14-19(6-7-20(18)29-30)26-12-3-5-17-4-2-11-25-15-17/h2-5,8-11,13,15-16,19,26H,6-7,12,14H2,1H3. The van der Waals surface area contributed by atoms with Crippen molar-refractivity contribution in [2.75, 3.05) is 13.7 Å². The van der Waals surface area contributed by atoms with Crippen molar-refractivity contribution in [1.82, 2.24) is 30.0 Å². The normalized spacial score (nSPS) is 16.0. The van der Waals surface area contributed by atoms with Gasteiger partial charge in [-0.25, -0.2) is 9.67 Å². The molecular formula is C24H24N6O. The summed E-state index contributed by atoms with van der Waals surface area (Å²) in [5.41, 5.74) is 6.10. The van der Waals surface area contributed by atoms with E-state index in [1.54, 1.807) is 19.5 Å². The molecule has 4 aromatic rings. The van der Waals surface area contributed by atoms with Crippen LogP contribution in [0.2, 0.25) is 0 Å². The molecule has 4 heterocycles. The van der Waals surface area contributed by atoms with Crippen LogP contribution in [0.25, 0.3) is 22.8 Å². The molecule has 0 amide bonds. The van der Waals surface area contributed by atoms with Gasteiger partial charge in [-0.1, -0.05) is 18.2 Å². The first kappa shape index (κ1) is 19.4. The number of aromatic nitrogens is 5. The van der Waals surface area contributed by atoms with Gasteiger partial charge in [0.15, 0.2) is 0 Å². The zero-order chi connectivity index (χ0) is 21.0. The number of methoxy groups -OCH3 is 1. The Kier molecular flexibility index (Phi) is 5.41. The van der Waals surface area contributed by atoms with Gasteiger partial charge in [-0.3, -0.25) is 9.97 Å². The third-order valence-electron chi connectivity index (χ3n) is 5.59.